The summed E-state index contributed by atoms with van der Waals surface area (Å²) in [6, 6.07) is 17.4. The summed E-state index contributed by atoms with van der Waals surface area (Å²) in [7, 11) is 0. The number of hydrogen-bond acceptors (Lipinski definition) is 2. The monoisotopic (exact) mass is 363 g/mol. The summed E-state index contributed by atoms with van der Waals surface area (Å²) >= 11 is 0. The Kier molecular flexibility index (Phi) is 5.21. The van der Waals surface area contributed by atoms with Crippen LogP contribution < -0.4 is 5.32 Å². The lowest BCUT2D eigenvalue weighted by atomic mass is 9.92. The van der Waals surface area contributed by atoms with E-state index in [9.17, 15) is 9.18 Å². The standard InChI is InChI=1S/C22H22FN3O/c1-22(2,3)19-15-20(26(25-19)18-12-10-17(23)11-13-18)24-21(27)14-9-16-7-5-4-6-8-16/h4-15H,1-3H3,(H,24,27)/b14-9+. The van der Waals surface area contributed by atoms with Crippen LogP contribution >= 0.6 is 0 Å². The van der Waals surface area contributed by atoms with E-state index in [2.05, 4.69) is 10.4 Å². The number of amides is 1. The van der Waals surface area contributed by atoms with Gasteiger partial charge in [-0.3, -0.25) is 4.79 Å². The van der Waals surface area contributed by atoms with Crippen LogP contribution in [0.25, 0.3) is 11.8 Å². The number of benzene rings is 2. The fourth-order valence-electron chi connectivity index (χ4n) is 2.52. The van der Waals surface area contributed by atoms with E-state index in [0.29, 0.717) is 11.5 Å². The van der Waals surface area contributed by atoms with Gasteiger partial charge in [0, 0.05) is 17.6 Å². The molecule has 2 aromatic carbocycles. The minimum atomic E-state index is -0.321. The second-order valence-electron chi connectivity index (χ2n) is 7.29. The Hall–Kier alpha value is -3.21. The lowest BCUT2D eigenvalue weighted by Gasteiger charge is -2.14. The van der Waals surface area contributed by atoms with Crippen LogP contribution in [0.1, 0.15) is 32.0 Å². The molecule has 0 aliphatic heterocycles. The van der Waals surface area contributed by atoms with E-state index < -0.39 is 0 Å². The Morgan fingerprint density at radius 3 is 2.37 bits per heavy atom. The summed E-state index contributed by atoms with van der Waals surface area (Å²) < 4.78 is 14.9. The van der Waals surface area contributed by atoms with Crippen LogP contribution in [0, 0.1) is 5.82 Å². The van der Waals surface area contributed by atoms with Crippen LogP contribution in [0.4, 0.5) is 10.2 Å². The van der Waals surface area contributed by atoms with Crippen molar-refractivity contribution in [2.24, 2.45) is 0 Å². The molecule has 1 N–H and O–H groups in total. The van der Waals surface area contributed by atoms with Crippen molar-refractivity contribution in [3.63, 3.8) is 0 Å². The molecule has 0 radical (unpaired) electrons. The van der Waals surface area contributed by atoms with Gasteiger partial charge < -0.3 is 5.32 Å². The molecule has 3 rings (SSSR count). The van der Waals surface area contributed by atoms with Crippen molar-refractivity contribution in [1.29, 1.82) is 0 Å². The van der Waals surface area contributed by atoms with Crippen molar-refractivity contribution in [1.82, 2.24) is 9.78 Å². The summed E-state index contributed by atoms with van der Waals surface area (Å²) in [5, 5.41) is 7.48. The maximum Gasteiger partial charge on any atom is 0.249 e. The lowest BCUT2D eigenvalue weighted by molar-refractivity contribution is -0.111. The fourth-order valence-corrected chi connectivity index (χ4v) is 2.52. The molecule has 3 aromatic rings. The van der Waals surface area contributed by atoms with E-state index >= 15 is 0 Å². The number of hydrogen-bond donors (Lipinski definition) is 1. The number of anilines is 1. The average Bonchev–Trinajstić information content (AvgIpc) is 3.06. The van der Waals surface area contributed by atoms with Crippen molar-refractivity contribution >= 4 is 17.8 Å². The quantitative estimate of drug-likeness (QED) is 0.666. The normalized spacial score (nSPS) is 11.7. The van der Waals surface area contributed by atoms with Gasteiger partial charge in [0.2, 0.25) is 5.91 Å². The molecule has 4 nitrogen and oxygen atoms in total. The molecule has 0 saturated carbocycles. The summed E-state index contributed by atoms with van der Waals surface area (Å²) in [5.41, 5.74) is 2.25. The van der Waals surface area contributed by atoms with Gasteiger partial charge in [-0.15, -0.1) is 0 Å². The third-order valence-corrected chi connectivity index (χ3v) is 4.03. The van der Waals surface area contributed by atoms with Crippen LogP contribution in [0.2, 0.25) is 0 Å². The number of aromatic nitrogens is 2. The van der Waals surface area contributed by atoms with Gasteiger partial charge in [0.1, 0.15) is 11.6 Å². The van der Waals surface area contributed by atoms with E-state index in [1.165, 1.54) is 18.2 Å². The van der Waals surface area contributed by atoms with Gasteiger partial charge >= 0.3 is 0 Å². The van der Waals surface area contributed by atoms with Crippen LogP contribution in [-0.4, -0.2) is 15.7 Å². The first-order chi connectivity index (χ1) is 12.8. The topological polar surface area (TPSA) is 46.9 Å². The summed E-state index contributed by atoms with van der Waals surface area (Å²) in [6.07, 6.45) is 3.23. The Labute approximate surface area is 158 Å². The molecule has 0 aliphatic rings. The molecule has 138 valence electrons. The highest BCUT2D eigenvalue weighted by molar-refractivity contribution is 6.01. The molecule has 1 amide bonds. The number of carbonyl (C=O) groups excluding carboxylic acids is 1. The Bertz CT molecular complexity index is 951. The van der Waals surface area contributed by atoms with Crippen molar-refractivity contribution in [3.8, 4) is 5.69 Å². The average molecular weight is 363 g/mol. The number of carbonyl (C=O) groups is 1. The van der Waals surface area contributed by atoms with Gasteiger partial charge in [-0.25, -0.2) is 9.07 Å². The maximum absolute atomic E-state index is 13.3. The van der Waals surface area contributed by atoms with Crippen molar-refractivity contribution in [2.75, 3.05) is 5.32 Å². The number of halogens is 1. The summed E-state index contributed by atoms with van der Waals surface area (Å²) in [5.74, 6) is -0.0462. The molecule has 0 atom stereocenters. The Balaban J connectivity index is 1.89. The second kappa shape index (κ2) is 7.58. The fraction of sp³-hybridized carbons (Fsp3) is 0.182. The minimum absolute atomic E-state index is 0.190. The van der Waals surface area contributed by atoms with Gasteiger partial charge in [-0.05, 0) is 35.9 Å². The lowest BCUT2D eigenvalue weighted by Crippen LogP contribution is -2.13. The van der Waals surface area contributed by atoms with E-state index in [4.69, 9.17) is 0 Å². The molecular weight excluding hydrogens is 341 g/mol. The van der Waals surface area contributed by atoms with E-state index in [1.807, 2.05) is 57.2 Å². The van der Waals surface area contributed by atoms with E-state index in [0.717, 1.165) is 11.3 Å². The van der Waals surface area contributed by atoms with E-state index in [1.54, 1.807) is 22.9 Å². The summed E-state index contributed by atoms with van der Waals surface area (Å²) in [6.45, 7) is 6.14. The molecule has 0 aliphatic carbocycles. The number of nitrogens with zero attached hydrogens (tertiary/aromatic N) is 2. The molecule has 0 fully saturated rings. The second-order valence-corrected chi connectivity index (χ2v) is 7.29. The third kappa shape index (κ3) is 4.70. The van der Waals surface area contributed by atoms with Gasteiger partial charge in [0.15, 0.2) is 0 Å². The first-order valence-electron chi connectivity index (χ1n) is 8.73. The van der Waals surface area contributed by atoms with Gasteiger partial charge in [0.05, 0.1) is 11.4 Å². The molecule has 0 saturated heterocycles. The largest absolute Gasteiger partial charge is 0.307 e. The zero-order valence-corrected chi connectivity index (χ0v) is 15.6. The van der Waals surface area contributed by atoms with Gasteiger partial charge in [-0.1, -0.05) is 51.1 Å². The first kappa shape index (κ1) is 18.6. The predicted octanol–water partition coefficient (Wildman–Crippen LogP) is 4.96. The van der Waals surface area contributed by atoms with Crippen LogP contribution in [-0.2, 0) is 10.2 Å². The molecule has 0 unspecified atom stereocenters. The molecule has 0 spiro atoms. The highest BCUT2D eigenvalue weighted by Crippen LogP contribution is 2.26. The SMILES string of the molecule is CC(C)(C)c1cc(NC(=O)/C=C/c2ccccc2)n(-c2ccc(F)cc2)n1. The molecule has 27 heavy (non-hydrogen) atoms. The number of rotatable bonds is 4. The van der Waals surface area contributed by atoms with Crippen LogP contribution in [0.15, 0.2) is 66.7 Å². The Morgan fingerprint density at radius 2 is 1.74 bits per heavy atom. The zero-order valence-electron chi connectivity index (χ0n) is 15.6. The zero-order chi connectivity index (χ0) is 19.4. The third-order valence-electron chi connectivity index (χ3n) is 4.03. The molecule has 5 heteroatoms. The van der Waals surface area contributed by atoms with E-state index in [-0.39, 0.29) is 17.1 Å². The molecule has 1 heterocycles. The Morgan fingerprint density at radius 1 is 1.07 bits per heavy atom. The smallest absolute Gasteiger partial charge is 0.249 e. The molecule has 0 bridgehead atoms. The van der Waals surface area contributed by atoms with Crippen LogP contribution in [0.3, 0.4) is 0 Å². The predicted molar refractivity (Wildman–Crippen MR) is 106 cm³/mol. The minimum Gasteiger partial charge on any atom is -0.307 e. The molecule has 1 aromatic heterocycles. The maximum atomic E-state index is 13.3. The van der Waals surface area contributed by atoms with Gasteiger partial charge in [0.25, 0.3) is 0 Å². The highest BCUT2D eigenvalue weighted by atomic mass is 19.1. The van der Waals surface area contributed by atoms with Crippen molar-refractivity contribution in [3.05, 3.63) is 83.8 Å². The highest BCUT2D eigenvalue weighted by Gasteiger charge is 2.21. The summed E-state index contributed by atoms with van der Waals surface area (Å²) in [4.78, 5) is 12.4. The van der Waals surface area contributed by atoms with Gasteiger partial charge in [-0.2, -0.15) is 5.10 Å². The number of nitrogens with one attached hydrogen (secondary N) is 1. The van der Waals surface area contributed by atoms with Crippen molar-refractivity contribution in [2.45, 2.75) is 26.2 Å². The van der Waals surface area contributed by atoms with Crippen molar-refractivity contribution < 1.29 is 9.18 Å². The molecular formula is C22H22FN3O. The van der Waals surface area contributed by atoms with Crippen LogP contribution in [0.5, 0.6) is 0 Å². The first-order valence-corrected chi connectivity index (χ1v) is 8.73.